The van der Waals surface area contributed by atoms with Crippen LogP contribution in [-0.4, -0.2) is 34.9 Å². The van der Waals surface area contributed by atoms with Crippen LogP contribution in [0.5, 0.6) is 5.75 Å². The summed E-state index contributed by atoms with van der Waals surface area (Å²) in [7, 11) is 1.46. The smallest absolute Gasteiger partial charge is 0.335 e. The fourth-order valence-electron chi connectivity index (χ4n) is 2.41. The second-order valence-corrected chi connectivity index (χ2v) is 5.22. The second kappa shape index (κ2) is 5.95. The summed E-state index contributed by atoms with van der Waals surface area (Å²) in [4.78, 5) is 36.2. The predicted molar refractivity (Wildman–Crippen MR) is 73.9 cm³/mol. The van der Waals surface area contributed by atoms with Gasteiger partial charge in [-0.2, -0.15) is 0 Å². The van der Waals surface area contributed by atoms with Crippen LogP contribution in [0.25, 0.3) is 0 Å². The number of likely N-dealkylation sites (tertiary alicyclic amines) is 1. The highest BCUT2D eigenvalue weighted by Crippen LogP contribution is 2.25. The zero-order valence-corrected chi connectivity index (χ0v) is 12.0. The number of ether oxygens (including phenoxy) is 1. The summed E-state index contributed by atoms with van der Waals surface area (Å²) in [6.07, 6.45) is 0.652. The number of carbonyl (C=O) groups is 3. The molecule has 0 spiro atoms. The zero-order chi connectivity index (χ0) is 15.6. The summed E-state index contributed by atoms with van der Waals surface area (Å²) in [5, 5.41) is 9.03. The van der Waals surface area contributed by atoms with E-state index in [9.17, 15) is 14.4 Å². The Morgan fingerprint density at radius 1 is 1.33 bits per heavy atom. The number of methoxy groups -OCH3 is 1. The van der Waals surface area contributed by atoms with Gasteiger partial charge in [0.05, 0.1) is 19.2 Å². The van der Waals surface area contributed by atoms with Crippen molar-refractivity contribution in [3.63, 3.8) is 0 Å². The third kappa shape index (κ3) is 3.21. The van der Waals surface area contributed by atoms with Crippen LogP contribution in [-0.2, 0) is 16.1 Å². The first-order valence-electron chi connectivity index (χ1n) is 6.65. The highest BCUT2D eigenvalue weighted by Gasteiger charge is 2.30. The largest absolute Gasteiger partial charge is 0.496 e. The van der Waals surface area contributed by atoms with Crippen molar-refractivity contribution in [1.29, 1.82) is 0 Å². The number of rotatable bonds is 4. The quantitative estimate of drug-likeness (QED) is 0.853. The van der Waals surface area contributed by atoms with Crippen molar-refractivity contribution < 1.29 is 24.2 Å². The van der Waals surface area contributed by atoms with Gasteiger partial charge in [0.25, 0.3) is 0 Å². The minimum atomic E-state index is -1.07. The molecule has 112 valence electrons. The number of carboxylic acid groups (broad SMARTS) is 1. The van der Waals surface area contributed by atoms with E-state index in [0.29, 0.717) is 24.2 Å². The van der Waals surface area contributed by atoms with Gasteiger partial charge in [-0.3, -0.25) is 14.5 Å². The van der Waals surface area contributed by atoms with Crippen molar-refractivity contribution in [2.45, 2.75) is 26.3 Å². The van der Waals surface area contributed by atoms with E-state index in [1.807, 2.05) is 6.92 Å². The van der Waals surface area contributed by atoms with Crippen LogP contribution in [0.3, 0.4) is 0 Å². The van der Waals surface area contributed by atoms with Crippen LogP contribution in [0, 0.1) is 5.92 Å². The number of imide groups is 1. The average molecular weight is 291 g/mol. The second-order valence-electron chi connectivity index (χ2n) is 5.22. The Hall–Kier alpha value is -2.37. The molecule has 1 fully saturated rings. The number of hydrogen-bond acceptors (Lipinski definition) is 4. The third-order valence-electron chi connectivity index (χ3n) is 3.50. The Labute approximate surface area is 122 Å². The molecule has 21 heavy (non-hydrogen) atoms. The molecule has 0 bridgehead atoms. The minimum Gasteiger partial charge on any atom is -0.496 e. The molecule has 1 saturated heterocycles. The SMILES string of the molecule is COc1ccc(C(=O)O)cc1CN1C(=O)CC(C)CC1=O. The van der Waals surface area contributed by atoms with E-state index in [0.717, 1.165) is 0 Å². The molecular weight excluding hydrogens is 274 g/mol. The Morgan fingerprint density at radius 2 is 1.95 bits per heavy atom. The summed E-state index contributed by atoms with van der Waals surface area (Å²) in [6.45, 7) is 1.90. The summed E-state index contributed by atoms with van der Waals surface area (Å²) in [6, 6.07) is 4.38. The molecule has 0 saturated carbocycles. The number of amides is 2. The standard InChI is InChI=1S/C15H17NO5/c1-9-5-13(17)16(14(18)6-9)8-11-7-10(15(19)20)3-4-12(11)21-2/h3-4,7,9H,5-6,8H2,1-2H3,(H,19,20). The van der Waals surface area contributed by atoms with Crippen molar-refractivity contribution in [3.8, 4) is 5.75 Å². The number of nitrogens with zero attached hydrogens (tertiary/aromatic N) is 1. The Kier molecular flexibility index (Phi) is 4.26. The summed E-state index contributed by atoms with van der Waals surface area (Å²) < 4.78 is 5.17. The lowest BCUT2D eigenvalue weighted by Crippen LogP contribution is -2.42. The molecule has 2 rings (SSSR count). The number of benzene rings is 1. The fourth-order valence-corrected chi connectivity index (χ4v) is 2.41. The van der Waals surface area contributed by atoms with E-state index in [-0.39, 0.29) is 29.8 Å². The Balaban J connectivity index is 2.29. The Bertz CT molecular complexity index is 578. The molecular formula is C15H17NO5. The van der Waals surface area contributed by atoms with Crippen LogP contribution in [0.2, 0.25) is 0 Å². The van der Waals surface area contributed by atoms with Crippen molar-refractivity contribution >= 4 is 17.8 Å². The van der Waals surface area contributed by atoms with E-state index >= 15 is 0 Å². The van der Waals surface area contributed by atoms with E-state index in [1.54, 1.807) is 0 Å². The van der Waals surface area contributed by atoms with Crippen LogP contribution < -0.4 is 4.74 Å². The van der Waals surface area contributed by atoms with Crippen LogP contribution in [0.4, 0.5) is 0 Å². The van der Waals surface area contributed by atoms with Gasteiger partial charge in [0, 0.05) is 18.4 Å². The van der Waals surface area contributed by atoms with Gasteiger partial charge in [0.2, 0.25) is 11.8 Å². The molecule has 2 amide bonds. The lowest BCUT2D eigenvalue weighted by molar-refractivity contribution is -0.150. The molecule has 6 nitrogen and oxygen atoms in total. The predicted octanol–water partition coefficient (Wildman–Crippen LogP) is 1.68. The average Bonchev–Trinajstić information content (AvgIpc) is 2.42. The molecule has 1 N–H and O–H groups in total. The maximum absolute atomic E-state index is 12.0. The highest BCUT2D eigenvalue weighted by atomic mass is 16.5. The van der Waals surface area contributed by atoms with Gasteiger partial charge in [-0.15, -0.1) is 0 Å². The lowest BCUT2D eigenvalue weighted by atomic mass is 9.97. The fraction of sp³-hybridized carbons (Fsp3) is 0.400. The van der Waals surface area contributed by atoms with Gasteiger partial charge in [-0.1, -0.05) is 6.92 Å². The van der Waals surface area contributed by atoms with E-state index in [2.05, 4.69) is 0 Å². The van der Waals surface area contributed by atoms with Crippen LogP contribution in [0.15, 0.2) is 18.2 Å². The summed E-state index contributed by atoms with van der Waals surface area (Å²) in [5.74, 6) is -1.03. The van der Waals surface area contributed by atoms with Crippen molar-refractivity contribution in [2.24, 2.45) is 5.92 Å². The zero-order valence-electron chi connectivity index (χ0n) is 12.0. The monoisotopic (exact) mass is 291 g/mol. The maximum atomic E-state index is 12.0. The van der Waals surface area contributed by atoms with Gasteiger partial charge < -0.3 is 9.84 Å². The first-order chi connectivity index (χ1) is 9.92. The molecule has 0 aromatic heterocycles. The third-order valence-corrected chi connectivity index (χ3v) is 3.50. The van der Waals surface area contributed by atoms with E-state index < -0.39 is 5.97 Å². The highest BCUT2D eigenvalue weighted by molar-refractivity contribution is 5.98. The molecule has 1 aromatic carbocycles. The number of hydrogen-bond donors (Lipinski definition) is 1. The molecule has 0 unspecified atom stereocenters. The number of carbonyl (C=O) groups excluding carboxylic acids is 2. The van der Waals surface area contributed by atoms with Crippen LogP contribution >= 0.6 is 0 Å². The van der Waals surface area contributed by atoms with Crippen LogP contribution in [0.1, 0.15) is 35.7 Å². The normalized spacial score (nSPS) is 16.2. The molecule has 1 aromatic rings. The first-order valence-corrected chi connectivity index (χ1v) is 6.65. The van der Waals surface area contributed by atoms with Crippen molar-refractivity contribution in [3.05, 3.63) is 29.3 Å². The number of aromatic carboxylic acids is 1. The molecule has 0 aliphatic carbocycles. The Morgan fingerprint density at radius 3 is 2.48 bits per heavy atom. The van der Waals surface area contributed by atoms with Gasteiger partial charge >= 0.3 is 5.97 Å². The van der Waals surface area contributed by atoms with Gasteiger partial charge in [-0.25, -0.2) is 4.79 Å². The van der Waals surface area contributed by atoms with E-state index in [4.69, 9.17) is 9.84 Å². The lowest BCUT2D eigenvalue weighted by Gasteiger charge is -2.28. The van der Waals surface area contributed by atoms with Crippen molar-refractivity contribution in [2.75, 3.05) is 7.11 Å². The summed E-state index contributed by atoms with van der Waals surface area (Å²) in [5.41, 5.74) is 0.602. The molecule has 0 radical (unpaired) electrons. The number of piperidine rings is 1. The molecule has 0 atom stereocenters. The first kappa shape index (κ1) is 15.0. The molecule has 1 aliphatic rings. The maximum Gasteiger partial charge on any atom is 0.335 e. The molecule has 6 heteroatoms. The summed E-state index contributed by atoms with van der Waals surface area (Å²) >= 11 is 0. The number of carboxylic acids is 1. The van der Waals surface area contributed by atoms with Crippen molar-refractivity contribution in [1.82, 2.24) is 4.90 Å². The van der Waals surface area contributed by atoms with Gasteiger partial charge in [0.15, 0.2) is 0 Å². The van der Waals surface area contributed by atoms with E-state index in [1.165, 1.54) is 30.2 Å². The van der Waals surface area contributed by atoms with Gasteiger partial charge in [-0.05, 0) is 24.1 Å². The molecule has 1 heterocycles. The minimum absolute atomic E-state index is 0.0364. The van der Waals surface area contributed by atoms with Gasteiger partial charge in [0.1, 0.15) is 5.75 Å². The topological polar surface area (TPSA) is 83.9 Å². The molecule has 1 aliphatic heterocycles.